The van der Waals surface area contributed by atoms with Gasteiger partial charge in [0.05, 0.1) is 16.7 Å². The molecule has 0 unspecified atom stereocenters. The summed E-state index contributed by atoms with van der Waals surface area (Å²) in [6.07, 6.45) is 8.21. The Bertz CT molecular complexity index is 981. The molecule has 2 aromatic carbocycles. The number of benzene rings is 2. The maximum absolute atomic E-state index is 12.4. The summed E-state index contributed by atoms with van der Waals surface area (Å²) >= 11 is 0. The fourth-order valence-corrected chi connectivity index (χ4v) is 4.12. The summed E-state index contributed by atoms with van der Waals surface area (Å²) in [6.45, 7) is 0. The van der Waals surface area contributed by atoms with Crippen LogP contribution in [0.25, 0.3) is 16.7 Å². The third kappa shape index (κ3) is 3.09. The van der Waals surface area contributed by atoms with Crippen molar-refractivity contribution >= 4 is 11.0 Å². The molecule has 0 amide bonds. The van der Waals surface area contributed by atoms with Crippen LogP contribution in [0, 0.1) is 5.92 Å². The average Bonchev–Trinajstić information content (AvgIpc) is 2.98. The summed E-state index contributed by atoms with van der Waals surface area (Å²) < 4.78 is 1.47. The SMILES string of the molecule is O=c1[nH]c2ccccc2n1-c1cc(CCC2CCCCC2)c(O)cc1O. The highest BCUT2D eigenvalue weighted by Gasteiger charge is 2.18. The van der Waals surface area contributed by atoms with E-state index in [4.69, 9.17) is 0 Å². The monoisotopic (exact) mass is 352 g/mol. The van der Waals surface area contributed by atoms with E-state index in [-0.39, 0.29) is 17.2 Å². The number of hydrogen-bond acceptors (Lipinski definition) is 3. The lowest BCUT2D eigenvalue weighted by Gasteiger charge is -2.21. The number of fused-ring (bicyclic) bond motifs is 1. The van der Waals surface area contributed by atoms with Gasteiger partial charge in [-0.3, -0.25) is 4.57 Å². The van der Waals surface area contributed by atoms with Crippen LogP contribution in [0.2, 0.25) is 0 Å². The zero-order valence-corrected chi connectivity index (χ0v) is 14.7. The lowest BCUT2D eigenvalue weighted by atomic mass is 9.85. The quantitative estimate of drug-likeness (QED) is 0.657. The molecule has 1 aliphatic rings. The fourth-order valence-electron chi connectivity index (χ4n) is 4.12. The van der Waals surface area contributed by atoms with Crippen LogP contribution in [0.4, 0.5) is 0 Å². The largest absolute Gasteiger partial charge is 0.508 e. The molecular formula is C21H24N2O3. The highest BCUT2D eigenvalue weighted by molar-refractivity contribution is 5.78. The first kappa shape index (κ1) is 16.8. The Hall–Kier alpha value is -2.69. The van der Waals surface area contributed by atoms with E-state index in [1.807, 2.05) is 24.3 Å². The van der Waals surface area contributed by atoms with Gasteiger partial charge in [-0.15, -0.1) is 0 Å². The predicted octanol–water partition coefficient (Wildman–Crippen LogP) is 4.24. The molecule has 4 rings (SSSR count). The molecule has 3 N–H and O–H groups in total. The number of para-hydroxylation sites is 2. The van der Waals surface area contributed by atoms with Crippen LogP contribution >= 0.6 is 0 Å². The van der Waals surface area contributed by atoms with Crippen LogP contribution in [0.5, 0.6) is 11.5 Å². The minimum Gasteiger partial charge on any atom is -0.508 e. The van der Waals surface area contributed by atoms with Crippen molar-refractivity contribution in [2.24, 2.45) is 5.92 Å². The van der Waals surface area contributed by atoms with E-state index in [0.717, 1.165) is 18.4 Å². The van der Waals surface area contributed by atoms with E-state index >= 15 is 0 Å². The van der Waals surface area contributed by atoms with Crippen molar-refractivity contribution in [3.05, 3.63) is 52.4 Å². The Morgan fingerprint density at radius 3 is 2.62 bits per heavy atom. The summed E-state index contributed by atoms with van der Waals surface area (Å²) in [6, 6.07) is 10.5. The highest BCUT2D eigenvalue weighted by atomic mass is 16.3. The average molecular weight is 352 g/mol. The van der Waals surface area contributed by atoms with Crippen molar-refractivity contribution < 1.29 is 10.2 Å². The number of aromatic amines is 1. The van der Waals surface area contributed by atoms with Crippen molar-refractivity contribution in [3.63, 3.8) is 0 Å². The number of nitrogens with zero attached hydrogens (tertiary/aromatic N) is 1. The Morgan fingerprint density at radius 2 is 1.81 bits per heavy atom. The smallest absolute Gasteiger partial charge is 0.331 e. The molecule has 1 aliphatic carbocycles. The maximum atomic E-state index is 12.4. The summed E-state index contributed by atoms with van der Waals surface area (Å²) in [5.74, 6) is 0.696. The van der Waals surface area contributed by atoms with Gasteiger partial charge in [0.25, 0.3) is 0 Å². The normalized spacial score (nSPS) is 15.5. The molecule has 3 aromatic rings. The first-order chi connectivity index (χ1) is 12.6. The molecule has 5 nitrogen and oxygen atoms in total. The number of imidazole rings is 1. The lowest BCUT2D eigenvalue weighted by molar-refractivity contribution is 0.337. The van der Waals surface area contributed by atoms with E-state index in [9.17, 15) is 15.0 Å². The molecular weight excluding hydrogens is 328 g/mol. The molecule has 0 radical (unpaired) electrons. The third-order valence-electron chi connectivity index (χ3n) is 5.55. The number of hydrogen-bond donors (Lipinski definition) is 3. The van der Waals surface area contributed by atoms with Gasteiger partial charge in [0.1, 0.15) is 11.5 Å². The summed E-state index contributed by atoms with van der Waals surface area (Å²) in [4.78, 5) is 15.2. The van der Waals surface area contributed by atoms with Crippen molar-refractivity contribution in [2.75, 3.05) is 0 Å². The van der Waals surface area contributed by atoms with Crippen molar-refractivity contribution in [1.82, 2.24) is 9.55 Å². The van der Waals surface area contributed by atoms with Gasteiger partial charge >= 0.3 is 5.69 Å². The number of rotatable bonds is 4. The number of aromatic hydroxyl groups is 2. The molecule has 0 aliphatic heterocycles. The molecule has 1 heterocycles. The van der Waals surface area contributed by atoms with Gasteiger partial charge in [0.15, 0.2) is 0 Å². The molecule has 0 atom stereocenters. The molecule has 0 saturated heterocycles. The number of phenols is 2. The third-order valence-corrected chi connectivity index (χ3v) is 5.55. The Kier molecular flexibility index (Phi) is 4.45. The van der Waals surface area contributed by atoms with Crippen LogP contribution in [0.1, 0.15) is 44.1 Å². The molecule has 26 heavy (non-hydrogen) atoms. The number of nitrogens with one attached hydrogen (secondary N) is 1. The Morgan fingerprint density at radius 1 is 1.04 bits per heavy atom. The van der Waals surface area contributed by atoms with Gasteiger partial charge in [-0.25, -0.2) is 4.79 Å². The summed E-state index contributed by atoms with van der Waals surface area (Å²) in [7, 11) is 0. The van der Waals surface area contributed by atoms with Gasteiger partial charge in [0.2, 0.25) is 0 Å². The van der Waals surface area contributed by atoms with Crippen LogP contribution in [0.15, 0.2) is 41.2 Å². The van der Waals surface area contributed by atoms with Gasteiger partial charge in [-0.05, 0) is 42.5 Å². The minimum atomic E-state index is -0.301. The van der Waals surface area contributed by atoms with Crippen molar-refractivity contribution in [3.8, 4) is 17.2 Å². The lowest BCUT2D eigenvalue weighted by Crippen LogP contribution is -2.15. The number of H-pyrrole nitrogens is 1. The van der Waals surface area contributed by atoms with Gasteiger partial charge in [-0.2, -0.15) is 0 Å². The topological polar surface area (TPSA) is 78.2 Å². The van der Waals surface area contributed by atoms with Gasteiger partial charge in [-0.1, -0.05) is 44.2 Å². The van der Waals surface area contributed by atoms with E-state index < -0.39 is 0 Å². The van der Waals surface area contributed by atoms with E-state index in [0.29, 0.717) is 22.6 Å². The number of phenolic OH excluding ortho intramolecular Hbond substituents is 2. The first-order valence-corrected chi connectivity index (χ1v) is 9.38. The second kappa shape index (κ2) is 6.90. The number of aryl methyl sites for hydroxylation is 1. The summed E-state index contributed by atoms with van der Waals surface area (Å²) in [5, 5.41) is 20.6. The second-order valence-corrected chi connectivity index (χ2v) is 7.30. The van der Waals surface area contributed by atoms with Crippen LogP contribution in [-0.4, -0.2) is 19.8 Å². The van der Waals surface area contributed by atoms with Crippen molar-refractivity contribution in [1.29, 1.82) is 0 Å². The molecule has 1 saturated carbocycles. The molecule has 136 valence electrons. The molecule has 1 aromatic heterocycles. The van der Waals surface area contributed by atoms with Crippen LogP contribution < -0.4 is 5.69 Å². The molecule has 0 bridgehead atoms. The van der Waals surface area contributed by atoms with E-state index in [2.05, 4.69) is 4.98 Å². The highest BCUT2D eigenvalue weighted by Crippen LogP contribution is 2.34. The fraction of sp³-hybridized carbons (Fsp3) is 0.381. The van der Waals surface area contributed by atoms with E-state index in [1.165, 1.54) is 42.7 Å². The van der Waals surface area contributed by atoms with Crippen molar-refractivity contribution in [2.45, 2.75) is 44.9 Å². The molecule has 0 spiro atoms. The Labute approximate surface area is 151 Å². The standard InChI is InChI=1S/C21H24N2O3/c24-19-13-20(25)18(12-15(19)11-10-14-6-2-1-3-7-14)23-17-9-5-4-8-16(17)22-21(23)26/h4-5,8-9,12-14,24-25H,1-3,6-7,10-11H2,(H,22,26). The molecule has 5 heteroatoms. The van der Waals surface area contributed by atoms with E-state index in [1.54, 1.807) is 6.07 Å². The van der Waals surface area contributed by atoms with Gasteiger partial charge in [0, 0.05) is 6.07 Å². The second-order valence-electron chi connectivity index (χ2n) is 7.30. The first-order valence-electron chi connectivity index (χ1n) is 9.38. The van der Waals surface area contributed by atoms with Gasteiger partial charge < -0.3 is 15.2 Å². The molecule has 1 fully saturated rings. The number of aromatic nitrogens is 2. The zero-order valence-electron chi connectivity index (χ0n) is 14.7. The predicted molar refractivity (Wildman–Crippen MR) is 102 cm³/mol. The zero-order chi connectivity index (χ0) is 18.1. The Balaban J connectivity index is 1.70. The van der Waals surface area contributed by atoms with Crippen LogP contribution in [-0.2, 0) is 6.42 Å². The maximum Gasteiger partial charge on any atom is 0.331 e. The summed E-state index contributed by atoms with van der Waals surface area (Å²) in [5.41, 5.74) is 2.31. The van der Waals surface area contributed by atoms with Crippen LogP contribution in [0.3, 0.4) is 0 Å². The minimum absolute atomic E-state index is 0.0925.